The van der Waals surface area contributed by atoms with Crippen LogP contribution in [0, 0.1) is 5.41 Å². The van der Waals surface area contributed by atoms with Gasteiger partial charge in [0.25, 0.3) is 0 Å². The summed E-state index contributed by atoms with van der Waals surface area (Å²) in [6.45, 7) is 8.17. The number of halogens is 2. The maximum Gasteiger partial charge on any atom is 0.405 e. The van der Waals surface area contributed by atoms with Crippen molar-refractivity contribution in [2.75, 3.05) is 13.2 Å². The van der Waals surface area contributed by atoms with Crippen LogP contribution in [-0.4, -0.2) is 37.5 Å². The first-order chi connectivity index (χ1) is 17.7. The third-order valence-corrected chi connectivity index (χ3v) is 9.51. The molecule has 0 aliphatic carbocycles. The van der Waals surface area contributed by atoms with Gasteiger partial charge in [0.05, 0.1) is 24.1 Å². The molecule has 1 heterocycles. The third kappa shape index (κ3) is 6.05. The second-order valence-corrected chi connectivity index (χ2v) is 13.6. The molecule has 1 N–H and O–H groups in total. The van der Waals surface area contributed by atoms with Gasteiger partial charge in [0.2, 0.25) is 0 Å². The Morgan fingerprint density at radius 2 is 1.34 bits per heavy atom. The number of alkyl halides is 2. The van der Waals surface area contributed by atoms with Crippen molar-refractivity contribution >= 4 is 21.0 Å². The van der Waals surface area contributed by atoms with Gasteiger partial charge in [-0.2, -0.15) is 17.2 Å². The lowest BCUT2D eigenvalue weighted by molar-refractivity contribution is -0.298. The minimum absolute atomic E-state index is 0.0465. The standard InChI is InChI=1S/C28H30F2O6S2/c1-20(28(29,30)38(31,32)33)36-22-12-16-25(17-13-22)37(23-8-6-5-7-9-23)24-14-10-21(11-15-24)27(4)34-18-26(2,3)19-35-27/h5-17,20H,18-19H2,1-4H3/p+1. The highest BCUT2D eigenvalue weighted by Gasteiger charge is 2.51. The van der Waals surface area contributed by atoms with Crippen molar-refractivity contribution in [1.82, 2.24) is 0 Å². The van der Waals surface area contributed by atoms with Crippen molar-refractivity contribution in [3.05, 3.63) is 84.4 Å². The summed E-state index contributed by atoms with van der Waals surface area (Å²) >= 11 is 0. The molecule has 0 aromatic heterocycles. The largest absolute Gasteiger partial charge is 0.483 e. The quantitative estimate of drug-likeness (QED) is 0.256. The maximum absolute atomic E-state index is 13.9. The molecule has 1 aliphatic heterocycles. The number of benzene rings is 3. The van der Waals surface area contributed by atoms with Crippen molar-refractivity contribution in [2.45, 2.75) is 59.5 Å². The predicted molar refractivity (Wildman–Crippen MR) is 141 cm³/mol. The van der Waals surface area contributed by atoms with Gasteiger partial charge in [-0.25, -0.2) is 0 Å². The number of ether oxygens (including phenoxy) is 3. The van der Waals surface area contributed by atoms with E-state index in [1.807, 2.05) is 61.5 Å². The van der Waals surface area contributed by atoms with Gasteiger partial charge in [0.1, 0.15) is 5.75 Å². The molecule has 1 aliphatic rings. The van der Waals surface area contributed by atoms with E-state index in [0.717, 1.165) is 27.2 Å². The van der Waals surface area contributed by atoms with E-state index in [1.165, 1.54) is 12.1 Å². The summed E-state index contributed by atoms with van der Waals surface area (Å²) < 4.78 is 76.0. The van der Waals surface area contributed by atoms with Gasteiger partial charge in [0, 0.05) is 11.0 Å². The summed E-state index contributed by atoms with van der Waals surface area (Å²) in [6.07, 6.45) is -2.08. The molecule has 204 valence electrons. The normalized spacial score (nSPS) is 18.9. The van der Waals surface area contributed by atoms with Crippen LogP contribution in [0.2, 0.25) is 0 Å². The van der Waals surface area contributed by atoms with Crippen LogP contribution >= 0.6 is 0 Å². The highest BCUT2D eigenvalue weighted by molar-refractivity contribution is 7.97. The molecule has 38 heavy (non-hydrogen) atoms. The Balaban J connectivity index is 1.60. The van der Waals surface area contributed by atoms with Gasteiger partial charge >= 0.3 is 15.4 Å². The van der Waals surface area contributed by atoms with Crippen molar-refractivity contribution in [3.8, 4) is 5.75 Å². The average molecular weight is 566 g/mol. The van der Waals surface area contributed by atoms with Gasteiger partial charge in [0.15, 0.2) is 26.6 Å². The highest BCUT2D eigenvalue weighted by atomic mass is 32.2. The number of rotatable bonds is 8. The van der Waals surface area contributed by atoms with Gasteiger partial charge in [-0.1, -0.05) is 32.0 Å². The predicted octanol–water partition coefficient (Wildman–Crippen LogP) is 6.28. The third-order valence-electron chi connectivity index (χ3n) is 6.26. The molecule has 0 saturated carbocycles. The van der Waals surface area contributed by atoms with E-state index in [-0.39, 0.29) is 11.2 Å². The minimum atomic E-state index is -5.61. The van der Waals surface area contributed by atoms with E-state index >= 15 is 0 Å². The molecular weight excluding hydrogens is 534 g/mol. The SMILES string of the molecule is CC(Oc1ccc([S+](c2ccccc2)c2ccc(C3(C)OCC(C)(C)CO3)cc2)cc1)C(F)(F)S(=O)(=O)O. The fourth-order valence-corrected chi connectivity index (χ4v) is 6.44. The highest BCUT2D eigenvalue weighted by Crippen LogP contribution is 2.38. The number of hydrogen-bond acceptors (Lipinski definition) is 5. The molecule has 0 bridgehead atoms. The van der Waals surface area contributed by atoms with Crippen molar-refractivity contribution in [1.29, 1.82) is 0 Å². The van der Waals surface area contributed by atoms with Crippen LogP contribution < -0.4 is 4.74 Å². The minimum Gasteiger partial charge on any atom is -0.483 e. The lowest BCUT2D eigenvalue weighted by Gasteiger charge is -2.41. The smallest absolute Gasteiger partial charge is 0.405 e. The average Bonchev–Trinajstić information content (AvgIpc) is 2.87. The van der Waals surface area contributed by atoms with Crippen LogP contribution in [0.25, 0.3) is 0 Å². The van der Waals surface area contributed by atoms with Crippen LogP contribution in [0.1, 0.15) is 33.3 Å². The molecule has 10 heteroatoms. The van der Waals surface area contributed by atoms with Crippen molar-refractivity contribution < 1.29 is 36.0 Å². The lowest BCUT2D eigenvalue weighted by atomic mass is 9.94. The maximum atomic E-state index is 13.9. The van der Waals surface area contributed by atoms with Gasteiger partial charge < -0.3 is 14.2 Å². The molecule has 3 aromatic carbocycles. The van der Waals surface area contributed by atoms with Gasteiger partial charge in [-0.3, -0.25) is 4.55 Å². The summed E-state index contributed by atoms with van der Waals surface area (Å²) in [6, 6.07) is 24.5. The summed E-state index contributed by atoms with van der Waals surface area (Å²) in [5, 5.41) is -4.44. The fraction of sp³-hybridized carbons (Fsp3) is 0.357. The molecule has 2 unspecified atom stereocenters. The molecular formula is C28H31F2O6S2+. The van der Waals surface area contributed by atoms with E-state index in [4.69, 9.17) is 18.8 Å². The van der Waals surface area contributed by atoms with Gasteiger partial charge in [-0.15, -0.1) is 0 Å². The summed E-state index contributed by atoms with van der Waals surface area (Å²) in [4.78, 5) is 2.99. The van der Waals surface area contributed by atoms with E-state index in [1.54, 1.807) is 12.1 Å². The molecule has 0 amide bonds. The zero-order valence-corrected chi connectivity index (χ0v) is 23.2. The van der Waals surface area contributed by atoms with Crippen LogP contribution in [0.4, 0.5) is 8.78 Å². The van der Waals surface area contributed by atoms with E-state index in [2.05, 4.69) is 13.8 Å². The summed E-state index contributed by atoms with van der Waals surface area (Å²) in [5.74, 6) is -0.780. The Hall–Kier alpha value is -2.50. The Morgan fingerprint density at radius 1 is 0.868 bits per heavy atom. The Labute approximate surface area is 225 Å². The first kappa shape index (κ1) is 28.5. The first-order valence-corrected chi connectivity index (χ1v) is 14.7. The second-order valence-electron chi connectivity index (χ2n) is 10.1. The van der Waals surface area contributed by atoms with Crippen molar-refractivity contribution in [2.24, 2.45) is 5.41 Å². The number of hydrogen-bond donors (Lipinski definition) is 1. The Bertz CT molecular complexity index is 1330. The van der Waals surface area contributed by atoms with Crippen LogP contribution in [0.5, 0.6) is 5.75 Å². The molecule has 6 nitrogen and oxygen atoms in total. The molecule has 0 spiro atoms. The van der Waals surface area contributed by atoms with E-state index in [9.17, 15) is 17.2 Å². The zero-order valence-electron chi connectivity index (χ0n) is 21.6. The van der Waals surface area contributed by atoms with Gasteiger partial charge in [-0.05, 0) is 74.5 Å². The molecule has 3 aromatic rings. The monoisotopic (exact) mass is 565 g/mol. The molecule has 2 atom stereocenters. The van der Waals surface area contributed by atoms with E-state index in [0.29, 0.717) is 13.2 Å². The van der Waals surface area contributed by atoms with Crippen LogP contribution in [-0.2, 0) is 36.3 Å². The summed E-state index contributed by atoms with van der Waals surface area (Å²) in [5.41, 5.74) is 0.862. The Kier molecular flexibility index (Phi) is 7.94. The fourth-order valence-electron chi connectivity index (χ4n) is 3.91. The molecule has 1 fully saturated rings. The lowest BCUT2D eigenvalue weighted by Crippen LogP contribution is -2.43. The van der Waals surface area contributed by atoms with Crippen molar-refractivity contribution in [3.63, 3.8) is 0 Å². The first-order valence-electron chi connectivity index (χ1n) is 12.0. The van der Waals surface area contributed by atoms with Crippen LogP contribution in [0.15, 0.2) is 93.5 Å². The van der Waals surface area contributed by atoms with E-state index < -0.39 is 38.2 Å². The summed E-state index contributed by atoms with van der Waals surface area (Å²) in [7, 11) is -6.14. The molecule has 1 saturated heterocycles. The zero-order chi connectivity index (χ0) is 27.8. The Morgan fingerprint density at radius 3 is 1.84 bits per heavy atom. The van der Waals surface area contributed by atoms with Crippen LogP contribution in [0.3, 0.4) is 0 Å². The molecule has 0 radical (unpaired) electrons. The molecule has 4 rings (SSSR count). The topological polar surface area (TPSA) is 82.1 Å². The second kappa shape index (κ2) is 10.6.